The van der Waals surface area contributed by atoms with Crippen LogP contribution in [0.15, 0.2) is 47.6 Å². The van der Waals surface area contributed by atoms with Crippen LogP contribution in [0.2, 0.25) is 0 Å². The summed E-state index contributed by atoms with van der Waals surface area (Å²) in [5.41, 5.74) is 0.0181. The van der Waals surface area contributed by atoms with E-state index in [0.29, 0.717) is 6.54 Å². The van der Waals surface area contributed by atoms with E-state index in [1.54, 1.807) is 18.9 Å². The lowest BCUT2D eigenvalue weighted by molar-refractivity contribution is 0.0945. The van der Waals surface area contributed by atoms with E-state index in [1.807, 2.05) is 31.2 Å². The van der Waals surface area contributed by atoms with Crippen molar-refractivity contribution >= 4 is 17.7 Å². The second kappa shape index (κ2) is 8.53. The molecule has 0 aliphatic rings. The number of pyridine rings is 1. The van der Waals surface area contributed by atoms with E-state index < -0.39 is 11.7 Å². The molecule has 0 unspecified atom stereocenters. The van der Waals surface area contributed by atoms with E-state index >= 15 is 0 Å². The monoisotopic (exact) mass is 334 g/mol. The van der Waals surface area contributed by atoms with Crippen LogP contribution in [0.3, 0.4) is 0 Å². The molecule has 0 aliphatic carbocycles. The first-order valence-electron chi connectivity index (χ1n) is 7.25. The van der Waals surface area contributed by atoms with Crippen LogP contribution >= 0.6 is 11.8 Å². The van der Waals surface area contributed by atoms with Gasteiger partial charge in [0, 0.05) is 23.4 Å². The van der Waals surface area contributed by atoms with E-state index in [1.165, 1.54) is 12.3 Å². The second-order valence-electron chi connectivity index (χ2n) is 5.13. The second-order valence-corrected chi connectivity index (χ2v) is 6.19. The normalized spacial score (nSPS) is 11.8. The predicted molar refractivity (Wildman–Crippen MR) is 89.4 cm³/mol. The van der Waals surface area contributed by atoms with Crippen LogP contribution in [0, 0.1) is 11.7 Å². The number of benzene rings is 1. The zero-order valence-electron chi connectivity index (χ0n) is 13.1. The summed E-state index contributed by atoms with van der Waals surface area (Å²) >= 11 is 1.67. The Morgan fingerprint density at radius 3 is 2.91 bits per heavy atom. The summed E-state index contributed by atoms with van der Waals surface area (Å²) in [7, 11) is 1.65. The van der Waals surface area contributed by atoms with Crippen LogP contribution in [0.4, 0.5) is 4.39 Å². The number of aromatic nitrogens is 1. The topological polar surface area (TPSA) is 51.2 Å². The Balaban J connectivity index is 1.82. The third kappa shape index (κ3) is 4.96. The molecular weight excluding hydrogens is 315 g/mol. The number of amides is 1. The lowest BCUT2D eigenvalue weighted by Crippen LogP contribution is -2.29. The number of nitrogens with zero attached hydrogens (tertiary/aromatic N) is 1. The number of hydrogen-bond acceptors (Lipinski definition) is 4. The van der Waals surface area contributed by atoms with Gasteiger partial charge in [-0.25, -0.2) is 4.39 Å². The highest BCUT2D eigenvalue weighted by Crippen LogP contribution is 2.29. The van der Waals surface area contributed by atoms with E-state index in [9.17, 15) is 9.18 Å². The van der Waals surface area contributed by atoms with Crippen LogP contribution < -0.4 is 10.1 Å². The third-order valence-corrected chi connectivity index (χ3v) is 4.60. The van der Waals surface area contributed by atoms with E-state index in [0.717, 1.165) is 22.6 Å². The molecule has 0 bridgehead atoms. The molecule has 1 atom stereocenters. The predicted octanol–water partition coefficient (Wildman–Crippen LogP) is 3.39. The van der Waals surface area contributed by atoms with E-state index in [2.05, 4.69) is 10.3 Å². The van der Waals surface area contributed by atoms with Crippen molar-refractivity contribution in [3.63, 3.8) is 0 Å². The fourth-order valence-electron chi connectivity index (χ4n) is 1.95. The highest BCUT2D eigenvalue weighted by Gasteiger charge is 2.13. The van der Waals surface area contributed by atoms with E-state index in [4.69, 9.17) is 4.74 Å². The molecule has 0 saturated heterocycles. The average molecular weight is 334 g/mol. The van der Waals surface area contributed by atoms with Gasteiger partial charge in [-0.1, -0.05) is 19.1 Å². The Morgan fingerprint density at radius 1 is 1.39 bits per heavy atom. The zero-order valence-corrected chi connectivity index (χ0v) is 13.9. The molecule has 1 amide bonds. The van der Waals surface area contributed by atoms with Gasteiger partial charge in [0.1, 0.15) is 5.75 Å². The molecule has 2 aromatic rings. The van der Waals surface area contributed by atoms with Crippen molar-refractivity contribution in [2.45, 2.75) is 11.8 Å². The molecule has 0 saturated carbocycles. The molecule has 1 N–H and O–H groups in total. The minimum Gasteiger partial charge on any atom is -0.496 e. The Kier molecular flexibility index (Phi) is 6.40. The van der Waals surface area contributed by atoms with Crippen molar-refractivity contribution in [3.8, 4) is 5.75 Å². The number of para-hydroxylation sites is 1. The number of hydrogen-bond donors (Lipinski definition) is 1. The van der Waals surface area contributed by atoms with Gasteiger partial charge < -0.3 is 10.1 Å². The Morgan fingerprint density at radius 2 is 2.17 bits per heavy atom. The number of nitrogens with one attached hydrogen (secondary N) is 1. The first-order chi connectivity index (χ1) is 11.1. The van der Waals surface area contributed by atoms with Crippen LogP contribution in [0.1, 0.15) is 17.3 Å². The maximum absolute atomic E-state index is 13.5. The zero-order chi connectivity index (χ0) is 16.7. The van der Waals surface area contributed by atoms with Gasteiger partial charge in [0.15, 0.2) is 5.82 Å². The standard InChI is InChI=1S/C17H19FN2O2S/c1-12(11-23-16-6-4-3-5-15(16)22-2)9-20-17(21)13-7-8-19-10-14(13)18/h3-8,10,12H,9,11H2,1-2H3,(H,20,21)/t12-/m1/s1. The van der Waals surface area contributed by atoms with Crippen molar-refractivity contribution in [1.82, 2.24) is 10.3 Å². The van der Waals surface area contributed by atoms with E-state index in [-0.39, 0.29) is 11.5 Å². The summed E-state index contributed by atoms with van der Waals surface area (Å²) in [5.74, 6) is 0.867. The number of carbonyl (C=O) groups excluding carboxylic acids is 1. The van der Waals surface area contributed by atoms with Gasteiger partial charge in [0.2, 0.25) is 0 Å². The molecule has 2 rings (SSSR count). The molecule has 1 aromatic carbocycles. The molecule has 23 heavy (non-hydrogen) atoms. The van der Waals surface area contributed by atoms with Crippen molar-refractivity contribution in [2.24, 2.45) is 5.92 Å². The summed E-state index contributed by atoms with van der Waals surface area (Å²) in [6, 6.07) is 9.18. The minimum absolute atomic E-state index is 0.0181. The molecule has 4 nitrogen and oxygen atoms in total. The molecule has 0 radical (unpaired) electrons. The largest absolute Gasteiger partial charge is 0.496 e. The SMILES string of the molecule is COc1ccccc1SC[C@H](C)CNC(=O)c1ccncc1F. The van der Waals surface area contributed by atoms with Crippen LogP contribution in [-0.2, 0) is 0 Å². The number of thioether (sulfide) groups is 1. The first-order valence-corrected chi connectivity index (χ1v) is 8.24. The van der Waals surface area contributed by atoms with Gasteiger partial charge in [-0.15, -0.1) is 11.8 Å². The van der Waals surface area contributed by atoms with Crippen molar-refractivity contribution in [2.75, 3.05) is 19.4 Å². The fourth-order valence-corrected chi connectivity index (χ4v) is 3.00. The van der Waals surface area contributed by atoms with Crippen LogP contribution in [0.25, 0.3) is 0 Å². The smallest absolute Gasteiger partial charge is 0.254 e. The Hall–Kier alpha value is -2.08. The number of carbonyl (C=O) groups is 1. The summed E-state index contributed by atoms with van der Waals surface area (Å²) < 4.78 is 18.8. The highest BCUT2D eigenvalue weighted by atomic mass is 32.2. The molecular formula is C17H19FN2O2S. The molecule has 0 spiro atoms. The van der Waals surface area contributed by atoms with Gasteiger partial charge in [-0.3, -0.25) is 9.78 Å². The van der Waals surface area contributed by atoms with Crippen LogP contribution in [0.5, 0.6) is 5.75 Å². The van der Waals surface area contributed by atoms with Crippen molar-refractivity contribution < 1.29 is 13.9 Å². The summed E-state index contributed by atoms with van der Waals surface area (Å²) in [6.07, 6.45) is 2.44. The van der Waals surface area contributed by atoms with Gasteiger partial charge >= 0.3 is 0 Å². The molecule has 6 heteroatoms. The Labute approximate surface area is 139 Å². The summed E-state index contributed by atoms with van der Waals surface area (Å²) in [6.45, 7) is 2.51. The Bertz CT molecular complexity index is 667. The van der Waals surface area contributed by atoms with Gasteiger partial charge in [-0.05, 0) is 24.1 Å². The molecule has 1 aromatic heterocycles. The molecule has 0 fully saturated rings. The number of halogens is 1. The average Bonchev–Trinajstić information content (AvgIpc) is 2.58. The maximum atomic E-state index is 13.5. The van der Waals surface area contributed by atoms with Gasteiger partial charge in [-0.2, -0.15) is 0 Å². The fraction of sp³-hybridized carbons (Fsp3) is 0.294. The number of methoxy groups -OCH3 is 1. The lowest BCUT2D eigenvalue weighted by Gasteiger charge is -2.14. The number of rotatable bonds is 7. The third-order valence-electron chi connectivity index (χ3n) is 3.22. The van der Waals surface area contributed by atoms with Gasteiger partial charge in [0.25, 0.3) is 5.91 Å². The quantitative estimate of drug-likeness (QED) is 0.789. The molecule has 1 heterocycles. The minimum atomic E-state index is -0.610. The lowest BCUT2D eigenvalue weighted by atomic mass is 10.2. The summed E-state index contributed by atoms with van der Waals surface area (Å²) in [5, 5.41) is 2.75. The van der Waals surface area contributed by atoms with Crippen molar-refractivity contribution in [1.29, 1.82) is 0 Å². The molecule has 122 valence electrons. The first kappa shape index (κ1) is 17.3. The summed E-state index contributed by atoms with van der Waals surface area (Å²) in [4.78, 5) is 16.6. The van der Waals surface area contributed by atoms with Gasteiger partial charge in [0.05, 0.1) is 18.9 Å². The van der Waals surface area contributed by atoms with Crippen molar-refractivity contribution in [3.05, 3.63) is 54.1 Å². The number of ether oxygens (including phenoxy) is 1. The maximum Gasteiger partial charge on any atom is 0.254 e. The molecule has 0 aliphatic heterocycles. The van der Waals surface area contributed by atoms with Crippen LogP contribution in [-0.4, -0.2) is 30.3 Å². The highest BCUT2D eigenvalue weighted by molar-refractivity contribution is 7.99.